The van der Waals surface area contributed by atoms with Crippen LogP contribution in [0, 0.1) is 0 Å². The Bertz CT molecular complexity index is 1030. The fourth-order valence-electron chi connectivity index (χ4n) is 3.47. The van der Waals surface area contributed by atoms with Crippen molar-refractivity contribution in [3.8, 4) is 16.9 Å². The molecular weight excluding hydrogens is 439 g/mol. The van der Waals surface area contributed by atoms with Crippen molar-refractivity contribution in [3.63, 3.8) is 0 Å². The lowest BCUT2D eigenvalue weighted by Crippen LogP contribution is -2.41. The normalized spacial score (nSPS) is 16.0. The molecule has 3 aromatic carbocycles. The molecule has 0 aromatic heterocycles. The molecule has 32 heavy (non-hydrogen) atoms. The molecule has 0 heterocycles. The zero-order valence-corrected chi connectivity index (χ0v) is 19.0. The number of nitrogens with two attached hydrogens (primary N) is 1. The van der Waals surface area contributed by atoms with Gasteiger partial charge in [0.25, 0.3) is 0 Å². The van der Waals surface area contributed by atoms with Gasteiger partial charge in [-0.25, -0.2) is 0 Å². The summed E-state index contributed by atoms with van der Waals surface area (Å²) >= 11 is 6.16. The largest absolute Gasteiger partial charge is 0.494 e. The summed E-state index contributed by atoms with van der Waals surface area (Å²) in [6.45, 7) is 6.64. The van der Waals surface area contributed by atoms with Gasteiger partial charge >= 0.3 is 6.18 Å². The molecule has 1 aliphatic carbocycles. The maximum atomic E-state index is 13.6. The summed E-state index contributed by atoms with van der Waals surface area (Å²) in [5.74, 6) is 0.196. The minimum Gasteiger partial charge on any atom is -0.494 e. The number of rotatable bonds is 3. The highest BCUT2D eigenvalue weighted by Gasteiger charge is 2.61. The predicted octanol–water partition coefficient (Wildman–Crippen LogP) is 6.69. The van der Waals surface area contributed by atoms with Crippen LogP contribution in [0.3, 0.4) is 0 Å². The Labute approximate surface area is 191 Å². The topological polar surface area (TPSA) is 55.5 Å². The smallest absolute Gasteiger partial charge is 0.425 e. The molecule has 7 heteroatoms. The number of hydrogen-bond donors (Lipinski definition) is 2. The van der Waals surface area contributed by atoms with Crippen molar-refractivity contribution in [2.75, 3.05) is 6.61 Å². The van der Waals surface area contributed by atoms with E-state index in [4.69, 9.17) is 22.1 Å². The van der Waals surface area contributed by atoms with E-state index < -0.39 is 11.8 Å². The van der Waals surface area contributed by atoms with E-state index in [0.29, 0.717) is 6.54 Å². The molecule has 1 unspecified atom stereocenters. The first kappa shape index (κ1) is 25.7. The maximum absolute atomic E-state index is 13.6. The van der Waals surface area contributed by atoms with Gasteiger partial charge in [-0.05, 0) is 30.2 Å². The van der Waals surface area contributed by atoms with E-state index in [2.05, 4.69) is 0 Å². The lowest BCUT2D eigenvalue weighted by atomic mass is 9.90. The van der Waals surface area contributed by atoms with Crippen LogP contribution in [0.4, 0.5) is 13.2 Å². The molecule has 0 spiro atoms. The third-order valence-electron chi connectivity index (χ3n) is 4.84. The molecule has 3 aromatic rings. The van der Waals surface area contributed by atoms with Gasteiger partial charge in [0, 0.05) is 23.2 Å². The second kappa shape index (κ2) is 10.9. The number of fused-ring (bicyclic) bond motifs is 3. The van der Waals surface area contributed by atoms with E-state index in [0.717, 1.165) is 0 Å². The van der Waals surface area contributed by atoms with E-state index in [1.807, 2.05) is 44.2 Å². The Hall–Kier alpha value is -2.54. The van der Waals surface area contributed by atoms with Crippen LogP contribution in [0.15, 0.2) is 66.7 Å². The van der Waals surface area contributed by atoms with Gasteiger partial charge in [-0.3, -0.25) is 0 Å². The van der Waals surface area contributed by atoms with E-state index in [-0.39, 0.29) is 39.6 Å². The second-order valence-corrected chi connectivity index (χ2v) is 7.11. The third kappa shape index (κ3) is 4.93. The fraction of sp³-hybridized carbons (Fsp3) is 0.280. The highest BCUT2D eigenvalue weighted by molar-refractivity contribution is 6.34. The molecule has 3 N–H and O–H groups in total. The summed E-state index contributed by atoms with van der Waals surface area (Å²) in [6, 6.07) is 18.5. The van der Waals surface area contributed by atoms with Crippen molar-refractivity contribution < 1.29 is 23.0 Å². The van der Waals surface area contributed by atoms with Crippen molar-refractivity contribution in [2.24, 2.45) is 5.73 Å². The first-order valence-corrected chi connectivity index (χ1v) is 10.7. The minimum atomic E-state index is -4.87. The van der Waals surface area contributed by atoms with Gasteiger partial charge < -0.3 is 15.6 Å². The SMILES string of the molecule is CC.CCOc1cc(Cl)c2c(c1)C(O)(C(F)(F)F)c1ccccc1-2.NCc1ccccc1. The lowest BCUT2D eigenvalue weighted by molar-refractivity contribution is -0.246. The average molecular weight is 466 g/mol. The molecule has 0 fully saturated rings. The van der Waals surface area contributed by atoms with Crippen LogP contribution < -0.4 is 10.5 Å². The van der Waals surface area contributed by atoms with Gasteiger partial charge in [-0.2, -0.15) is 13.2 Å². The first-order chi connectivity index (χ1) is 15.2. The Kier molecular flexibility index (Phi) is 8.73. The number of halogens is 4. The van der Waals surface area contributed by atoms with Gasteiger partial charge in [0.05, 0.1) is 11.6 Å². The summed E-state index contributed by atoms with van der Waals surface area (Å²) in [7, 11) is 0. The number of alkyl halides is 3. The van der Waals surface area contributed by atoms with Crippen molar-refractivity contribution in [1.82, 2.24) is 0 Å². The molecule has 1 atom stereocenters. The van der Waals surface area contributed by atoms with E-state index in [9.17, 15) is 18.3 Å². The van der Waals surface area contributed by atoms with Gasteiger partial charge in [0.15, 0.2) is 0 Å². The maximum Gasteiger partial charge on any atom is 0.425 e. The number of aliphatic hydroxyl groups is 1. The van der Waals surface area contributed by atoms with Crippen LogP contribution in [-0.4, -0.2) is 17.9 Å². The molecule has 0 saturated heterocycles. The van der Waals surface area contributed by atoms with Gasteiger partial charge in [-0.15, -0.1) is 0 Å². The van der Waals surface area contributed by atoms with Crippen LogP contribution in [0.25, 0.3) is 11.1 Å². The molecule has 0 aliphatic heterocycles. The van der Waals surface area contributed by atoms with Crippen LogP contribution in [0.2, 0.25) is 5.02 Å². The second-order valence-electron chi connectivity index (χ2n) is 6.70. The van der Waals surface area contributed by atoms with Crippen molar-refractivity contribution in [1.29, 1.82) is 0 Å². The zero-order valence-electron chi connectivity index (χ0n) is 18.2. The van der Waals surface area contributed by atoms with Gasteiger partial charge in [0.2, 0.25) is 5.60 Å². The monoisotopic (exact) mass is 465 g/mol. The predicted molar refractivity (Wildman–Crippen MR) is 123 cm³/mol. The van der Waals surface area contributed by atoms with E-state index in [1.54, 1.807) is 13.0 Å². The van der Waals surface area contributed by atoms with E-state index in [1.165, 1.54) is 35.9 Å². The number of hydrogen-bond acceptors (Lipinski definition) is 3. The zero-order chi connectivity index (χ0) is 23.9. The van der Waals surface area contributed by atoms with E-state index >= 15 is 0 Å². The molecule has 3 nitrogen and oxygen atoms in total. The first-order valence-electron chi connectivity index (χ1n) is 10.3. The Balaban J connectivity index is 0.000000304. The van der Waals surface area contributed by atoms with Crippen LogP contribution in [-0.2, 0) is 12.1 Å². The lowest BCUT2D eigenvalue weighted by Gasteiger charge is -2.28. The fourth-order valence-corrected chi connectivity index (χ4v) is 3.78. The van der Waals surface area contributed by atoms with Crippen LogP contribution >= 0.6 is 11.6 Å². The molecule has 0 saturated carbocycles. The van der Waals surface area contributed by atoms with Crippen molar-refractivity contribution >= 4 is 11.6 Å². The molecule has 1 aliphatic rings. The quantitative estimate of drug-likeness (QED) is 0.453. The molecular formula is C25H27ClF3NO2. The van der Waals surface area contributed by atoms with Crippen molar-refractivity contribution in [2.45, 2.75) is 39.1 Å². The van der Waals surface area contributed by atoms with Crippen LogP contribution in [0.1, 0.15) is 37.5 Å². The Morgan fingerprint density at radius 2 is 1.56 bits per heavy atom. The molecule has 4 rings (SSSR count). The minimum absolute atomic E-state index is 0.119. The van der Waals surface area contributed by atoms with Crippen molar-refractivity contribution in [3.05, 3.63) is 88.4 Å². The summed E-state index contributed by atoms with van der Waals surface area (Å²) in [5.41, 5.74) is 3.42. The van der Waals surface area contributed by atoms with Gasteiger partial charge in [0.1, 0.15) is 5.75 Å². The molecule has 0 radical (unpaired) electrons. The summed E-state index contributed by atoms with van der Waals surface area (Å²) < 4.78 is 46.1. The Morgan fingerprint density at radius 1 is 0.969 bits per heavy atom. The summed E-state index contributed by atoms with van der Waals surface area (Å²) in [6.07, 6.45) is -4.87. The number of ether oxygens (including phenoxy) is 1. The van der Waals surface area contributed by atoms with Gasteiger partial charge in [-0.1, -0.05) is 80.0 Å². The summed E-state index contributed by atoms with van der Waals surface area (Å²) in [5, 5.41) is 10.6. The average Bonchev–Trinajstić information content (AvgIpc) is 3.07. The molecule has 172 valence electrons. The molecule has 0 amide bonds. The third-order valence-corrected chi connectivity index (χ3v) is 5.14. The number of benzene rings is 3. The highest BCUT2D eigenvalue weighted by atomic mass is 35.5. The summed E-state index contributed by atoms with van der Waals surface area (Å²) in [4.78, 5) is 0. The molecule has 0 bridgehead atoms. The Morgan fingerprint density at radius 3 is 2.09 bits per heavy atom. The standard InChI is InChI=1S/C16H12ClF3O2.C7H9N.C2H6/c1-2-22-9-7-12-14(13(17)8-9)10-5-3-4-6-11(10)15(12,21)16(18,19)20;8-6-7-4-2-1-3-5-7;1-2/h3-8,21H,2H2,1H3;1-5H,6,8H2;1-2H3. The van der Waals surface area contributed by atoms with Crippen LogP contribution in [0.5, 0.6) is 5.75 Å². The highest BCUT2D eigenvalue weighted by Crippen LogP contribution is 2.57.